The van der Waals surface area contributed by atoms with Crippen molar-refractivity contribution in [2.45, 2.75) is 37.5 Å². The number of hydrogen-bond donors (Lipinski definition) is 2. The Bertz CT molecular complexity index is 1010. The molecule has 0 spiro atoms. The number of piperidine rings is 1. The van der Waals surface area contributed by atoms with E-state index in [4.69, 9.17) is 4.74 Å². The number of rotatable bonds is 6. The van der Waals surface area contributed by atoms with Crippen LogP contribution in [0, 0.1) is 0 Å². The number of benzene rings is 3. The van der Waals surface area contributed by atoms with E-state index in [0.29, 0.717) is 37.2 Å². The summed E-state index contributed by atoms with van der Waals surface area (Å²) >= 11 is 0. The van der Waals surface area contributed by atoms with Gasteiger partial charge in [0.2, 0.25) is 0 Å². The second-order valence-corrected chi connectivity index (χ2v) is 8.44. The quantitative estimate of drug-likeness (QED) is 0.450. The van der Waals surface area contributed by atoms with E-state index < -0.39 is 17.7 Å². The molecule has 1 aliphatic rings. The third kappa shape index (κ3) is 4.91. The van der Waals surface area contributed by atoms with Gasteiger partial charge in [-0.2, -0.15) is 0 Å². The molecule has 1 aliphatic heterocycles. The fraction of sp³-hybridized carbons (Fsp3) is 0.296. The summed E-state index contributed by atoms with van der Waals surface area (Å²) in [5.74, 6) is 0.0276. The predicted molar refractivity (Wildman–Crippen MR) is 123 cm³/mol. The maximum Gasteiger partial charge on any atom is 0.343 e. The maximum atomic E-state index is 12.2. The Morgan fingerprint density at radius 1 is 0.906 bits per heavy atom. The zero-order chi connectivity index (χ0) is 22.6. The van der Waals surface area contributed by atoms with Crippen molar-refractivity contribution in [1.29, 1.82) is 0 Å². The van der Waals surface area contributed by atoms with E-state index in [2.05, 4.69) is 4.90 Å². The van der Waals surface area contributed by atoms with Crippen LogP contribution in [0.5, 0.6) is 5.75 Å². The zero-order valence-electron chi connectivity index (χ0n) is 18.2. The molecular weight excluding hydrogens is 402 g/mol. The Hall–Kier alpha value is -2.99. The number of hydrogen-bond acceptors (Lipinski definition) is 5. The van der Waals surface area contributed by atoms with Crippen LogP contribution in [0.3, 0.4) is 0 Å². The van der Waals surface area contributed by atoms with E-state index in [9.17, 15) is 15.0 Å². The van der Waals surface area contributed by atoms with Gasteiger partial charge in [-0.1, -0.05) is 60.7 Å². The van der Waals surface area contributed by atoms with Gasteiger partial charge in [0.05, 0.1) is 17.3 Å². The molecule has 1 saturated heterocycles. The molecule has 166 valence electrons. The van der Waals surface area contributed by atoms with E-state index >= 15 is 0 Å². The molecule has 0 unspecified atom stereocenters. The van der Waals surface area contributed by atoms with E-state index in [1.54, 1.807) is 48.5 Å². The van der Waals surface area contributed by atoms with Crippen molar-refractivity contribution in [3.8, 4) is 5.75 Å². The van der Waals surface area contributed by atoms with Gasteiger partial charge in [-0.15, -0.1) is 0 Å². The first-order valence-corrected chi connectivity index (χ1v) is 11.0. The summed E-state index contributed by atoms with van der Waals surface area (Å²) in [4.78, 5) is 14.4. The van der Waals surface area contributed by atoms with Gasteiger partial charge < -0.3 is 14.9 Å². The van der Waals surface area contributed by atoms with E-state index in [1.807, 2.05) is 43.3 Å². The Labute approximate surface area is 188 Å². The molecule has 3 aromatic carbocycles. The summed E-state index contributed by atoms with van der Waals surface area (Å²) < 4.78 is 5.42. The second-order valence-electron chi connectivity index (χ2n) is 8.44. The fourth-order valence-corrected chi connectivity index (χ4v) is 4.29. The lowest BCUT2D eigenvalue weighted by molar-refractivity contribution is -0.0501. The molecule has 1 fully saturated rings. The minimum atomic E-state index is -0.813. The SMILES string of the molecule is C[C@@H]([C@@H](O)c1ccc(OC(=O)c2ccccc2)cc1)N1CCC(O)(c2ccccc2)CC1. The summed E-state index contributed by atoms with van der Waals surface area (Å²) in [6.07, 6.45) is 0.571. The molecule has 0 aliphatic carbocycles. The lowest BCUT2D eigenvalue weighted by Crippen LogP contribution is -2.47. The minimum absolute atomic E-state index is 0.104. The number of esters is 1. The largest absolute Gasteiger partial charge is 0.423 e. The smallest absolute Gasteiger partial charge is 0.343 e. The zero-order valence-corrected chi connectivity index (χ0v) is 18.2. The Morgan fingerprint density at radius 3 is 2.06 bits per heavy atom. The van der Waals surface area contributed by atoms with E-state index in [-0.39, 0.29) is 6.04 Å². The van der Waals surface area contributed by atoms with Gasteiger partial charge in [0.15, 0.2) is 0 Å². The number of likely N-dealkylation sites (tertiary alicyclic amines) is 1. The first kappa shape index (κ1) is 22.2. The van der Waals surface area contributed by atoms with Crippen LogP contribution < -0.4 is 4.74 Å². The van der Waals surface area contributed by atoms with Crippen molar-refractivity contribution < 1.29 is 19.7 Å². The summed E-state index contributed by atoms with van der Waals surface area (Å²) in [7, 11) is 0. The Kier molecular flexibility index (Phi) is 6.70. The molecule has 2 atom stereocenters. The molecule has 5 heteroatoms. The topological polar surface area (TPSA) is 70.0 Å². The van der Waals surface area contributed by atoms with Crippen molar-refractivity contribution in [1.82, 2.24) is 4.90 Å². The molecule has 0 radical (unpaired) electrons. The Morgan fingerprint density at radius 2 is 1.47 bits per heavy atom. The summed E-state index contributed by atoms with van der Waals surface area (Å²) in [5.41, 5.74) is 1.40. The van der Waals surface area contributed by atoms with Crippen molar-refractivity contribution in [2.75, 3.05) is 13.1 Å². The van der Waals surface area contributed by atoms with Gasteiger partial charge in [0.25, 0.3) is 0 Å². The molecule has 5 nitrogen and oxygen atoms in total. The van der Waals surface area contributed by atoms with Crippen molar-refractivity contribution in [2.24, 2.45) is 0 Å². The highest BCUT2D eigenvalue weighted by Crippen LogP contribution is 2.35. The number of carbonyl (C=O) groups is 1. The average molecular weight is 432 g/mol. The lowest BCUT2D eigenvalue weighted by Gasteiger charge is -2.42. The molecule has 2 N–H and O–H groups in total. The van der Waals surface area contributed by atoms with Crippen LogP contribution in [-0.4, -0.2) is 40.2 Å². The first-order chi connectivity index (χ1) is 15.5. The summed E-state index contributed by atoms with van der Waals surface area (Å²) in [6.45, 7) is 3.41. The van der Waals surface area contributed by atoms with Crippen LogP contribution in [0.15, 0.2) is 84.9 Å². The van der Waals surface area contributed by atoms with E-state index in [1.165, 1.54) is 0 Å². The van der Waals surface area contributed by atoms with Crippen LogP contribution >= 0.6 is 0 Å². The molecule has 3 aromatic rings. The van der Waals surface area contributed by atoms with Crippen LogP contribution in [-0.2, 0) is 5.60 Å². The molecule has 0 saturated carbocycles. The molecule has 0 bridgehead atoms. The van der Waals surface area contributed by atoms with Gasteiger partial charge in [-0.05, 0) is 55.2 Å². The molecule has 32 heavy (non-hydrogen) atoms. The third-order valence-electron chi connectivity index (χ3n) is 6.41. The highest BCUT2D eigenvalue weighted by atomic mass is 16.5. The summed E-state index contributed by atoms with van der Waals surface area (Å²) in [6, 6.07) is 25.5. The highest BCUT2D eigenvalue weighted by Gasteiger charge is 2.36. The number of aliphatic hydroxyl groups excluding tert-OH is 1. The second kappa shape index (κ2) is 9.65. The number of aliphatic hydroxyl groups is 2. The lowest BCUT2D eigenvalue weighted by atomic mass is 9.83. The van der Waals surface area contributed by atoms with E-state index in [0.717, 1.165) is 11.1 Å². The van der Waals surface area contributed by atoms with Crippen LogP contribution in [0.25, 0.3) is 0 Å². The van der Waals surface area contributed by atoms with Gasteiger partial charge in [-0.3, -0.25) is 4.90 Å². The molecule has 0 amide bonds. The fourth-order valence-electron chi connectivity index (χ4n) is 4.29. The number of ether oxygens (including phenoxy) is 1. The average Bonchev–Trinajstić information content (AvgIpc) is 2.85. The summed E-state index contributed by atoms with van der Waals surface area (Å²) in [5, 5.41) is 22.0. The first-order valence-electron chi connectivity index (χ1n) is 11.0. The molecular formula is C27H29NO4. The third-order valence-corrected chi connectivity index (χ3v) is 6.41. The molecule has 1 heterocycles. The molecule has 4 rings (SSSR count). The van der Waals surface area contributed by atoms with Gasteiger partial charge >= 0.3 is 5.97 Å². The van der Waals surface area contributed by atoms with Crippen molar-refractivity contribution >= 4 is 5.97 Å². The highest BCUT2D eigenvalue weighted by molar-refractivity contribution is 5.90. The monoisotopic (exact) mass is 431 g/mol. The number of nitrogens with zero attached hydrogens (tertiary/aromatic N) is 1. The number of carbonyl (C=O) groups excluding carboxylic acids is 1. The Balaban J connectivity index is 1.35. The van der Waals surface area contributed by atoms with Crippen molar-refractivity contribution in [3.63, 3.8) is 0 Å². The van der Waals surface area contributed by atoms with Gasteiger partial charge in [0, 0.05) is 19.1 Å². The van der Waals surface area contributed by atoms with Gasteiger partial charge in [0.1, 0.15) is 5.75 Å². The normalized spacial score (nSPS) is 18.0. The predicted octanol–water partition coefficient (Wildman–Crippen LogP) is 4.31. The minimum Gasteiger partial charge on any atom is -0.423 e. The van der Waals surface area contributed by atoms with Crippen LogP contribution in [0.2, 0.25) is 0 Å². The van der Waals surface area contributed by atoms with Crippen LogP contribution in [0.4, 0.5) is 0 Å². The standard InChI is InChI=1S/C27H29NO4/c1-20(28-18-16-27(31,17-19-28)23-10-6-3-7-11-23)25(29)21-12-14-24(15-13-21)32-26(30)22-8-4-2-5-9-22/h2-15,20,25,29,31H,16-19H2,1H3/t20-,25+/m0/s1. The van der Waals surface area contributed by atoms with Crippen molar-refractivity contribution in [3.05, 3.63) is 102 Å². The van der Waals surface area contributed by atoms with Crippen LogP contribution in [0.1, 0.15) is 47.4 Å². The maximum absolute atomic E-state index is 12.2. The van der Waals surface area contributed by atoms with Gasteiger partial charge in [-0.25, -0.2) is 4.79 Å². The molecule has 0 aromatic heterocycles.